The van der Waals surface area contributed by atoms with E-state index < -0.39 is 0 Å². The molecule has 0 atom stereocenters. The highest BCUT2D eigenvalue weighted by molar-refractivity contribution is 6.31. The first kappa shape index (κ1) is 12.5. The van der Waals surface area contributed by atoms with Crippen molar-refractivity contribution in [1.82, 2.24) is 9.97 Å². The highest BCUT2D eigenvalue weighted by atomic mass is 35.5. The molecule has 0 amide bonds. The van der Waals surface area contributed by atoms with Gasteiger partial charge in [-0.05, 0) is 38.8 Å². The Morgan fingerprint density at radius 3 is 2.68 bits per heavy atom. The van der Waals surface area contributed by atoms with Crippen LogP contribution in [0, 0.1) is 13.8 Å². The summed E-state index contributed by atoms with van der Waals surface area (Å²) in [5.41, 5.74) is 1.80. The molecule has 1 saturated carbocycles. The summed E-state index contributed by atoms with van der Waals surface area (Å²) < 4.78 is 5.42. The lowest BCUT2D eigenvalue weighted by Crippen LogP contribution is -2.26. The van der Waals surface area contributed by atoms with E-state index in [2.05, 4.69) is 14.9 Å². The van der Waals surface area contributed by atoms with Gasteiger partial charge in [-0.1, -0.05) is 11.6 Å². The molecule has 4 nitrogen and oxygen atoms in total. The van der Waals surface area contributed by atoms with E-state index >= 15 is 0 Å². The molecule has 1 aliphatic rings. The summed E-state index contributed by atoms with van der Waals surface area (Å²) in [4.78, 5) is 11.2. The topological polar surface area (TPSA) is 42.2 Å². The molecule has 0 aliphatic heterocycles. The molecular formula is C14H16ClN3O. The minimum Gasteiger partial charge on any atom is -0.467 e. The van der Waals surface area contributed by atoms with Crippen LogP contribution in [0.3, 0.4) is 0 Å². The van der Waals surface area contributed by atoms with Crippen LogP contribution >= 0.6 is 11.6 Å². The van der Waals surface area contributed by atoms with E-state index in [1.165, 1.54) is 12.8 Å². The monoisotopic (exact) mass is 277 g/mol. The number of hydrogen-bond acceptors (Lipinski definition) is 4. The third-order valence-electron chi connectivity index (χ3n) is 3.41. The largest absolute Gasteiger partial charge is 0.467 e. The Labute approximate surface area is 117 Å². The molecule has 19 heavy (non-hydrogen) atoms. The molecule has 0 N–H and O–H groups in total. The fourth-order valence-electron chi connectivity index (χ4n) is 2.08. The Bertz CT molecular complexity index is 579. The van der Waals surface area contributed by atoms with E-state index in [1.807, 2.05) is 26.0 Å². The Hall–Kier alpha value is -1.55. The smallest absolute Gasteiger partial charge is 0.171 e. The summed E-state index contributed by atoms with van der Waals surface area (Å²) in [6, 6.07) is 4.37. The van der Waals surface area contributed by atoms with Gasteiger partial charge in [-0.2, -0.15) is 0 Å². The van der Waals surface area contributed by atoms with Crippen molar-refractivity contribution in [2.45, 2.75) is 39.3 Å². The van der Waals surface area contributed by atoms with Crippen LogP contribution in [0.2, 0.25) is 5.15 Å². The van der Waals surface area contributed by atoms with Crippen LogP contribution in [0.25, 0.3) is 0 Å². The van der Waals surface area contributed by atoms with E-state index in [0.717, 1.165) is 23.0 Å². The van der Waals surface area contributed by atoms with Crippen molar-refractivity contribution in [2.24, 2.45) is 0 Å². The zero-order valence-electron chi connectivity index (χ0n) is 11.1. The second-order valence-corrected chi connectivity index (χ2v) is 5.31. The van der Waals surface area contributed by atoms with Gasteiger partial charge in [-0.15, -0.1) is 0 Å². The molecule has 0 unspecified atom stereocenters. The summed E-state index contributed by atoms with van der Waals surface area (Å²) in [5.74, 6) is 1.69. The van der Waals surface area contributed by atoms with Crippen molar-refractivity contribution in [3.05, 3.63) is 40.7 Å². The average Bonchev–Trinajstić information content (AvgIpc) is 3.09. The van der Waals surface area contributed by atoms with Crippen LogP contribution in [-0.2, 0) is 6.54 Å². The number of nitrogens with zero attached hydrogens (tertiary/aromatic N) is 3. The molecule has 100 valence electrons. The Kier molecular flexibility index (Phi) is 3.19. The first-order valence-electron chi connectivity index (χ1n) is 6.45. The zero-order valence-corrected chi connectivity index (χ0v) is 11.8. The summed E-state index contributed by atoms with van der Waals surface area (Å²) in [6.07, 6.45) is 4.03. The van der Waals surface area contributed by atoms with Crippen LogP contribution in [0.1, 0.15) is 30.0 Å². The third kappa shape index (κ3) is 2.59. The summed E-state index contributed by atoms with van der Waals surface area (Å²) in [7, 11) is 0. The van der Waals surface area contributed by atoms with Crippen molar-refractivity contribution in [3.63, 3.8) is 0 Å². The highest BCUT2D eigenvalue weighted by Gasteiger charge is 2.32. The zero-order chi connectivity index (χ0) is 13.4. The molecule has 0 spiro atoms. The van der Waals surface area contributed by atoms with Crippen molar-refractivity contribution in [1.29, 1.82) is 0 Å². The highest BCUT2D eigenvalue weighted by Crippen LogP contribution is 2.35. The molecule has 2 heterocycles. The Morgan fingerprint density at radius 2 is 2.05 bits per heavy atom. The van der Waals surface area contributed by atoms with Crippen LogP contribution in [0.15, 0.2) is 22.8 Å². The molecule has 2 aromatic heterocycles. The van der Waals surface area contributed by atoms with Gasteiger partial charge >= 0.3 is 0 Å². The SMILES string of the molecule is Cc1nc(Cl)c(N(Cc2ccco2)C2CC2)nc1C. The maximum absolute atomic E-state index is 6.26. The van der Waals surface area contributed by atoms with Crippen molar-refractivity contribution >= 4 is 17.4 Å². The lowest BCUT2D eigenvalue weighted by atomic mass is 10.3. The van der Waals surface area contributed by atoms with E-state index in [4.69, 9.17) is 16.0 Å². The van der Waals surface area contributed by atoms with Crippen molar-refractivity contribution < 1.29 is 4.42 Å². The molecule has 0 aromatic carbocycles. The number of aryl methyl sites for hydroxylation is 2. The van der Waals surface area contributed by atoms with Gasteiger partial charge in [0.15, 0.2) is 11.0 Å². The fourth-order valence-corrected chi connectivity index (χ4v) is 2.36. The number of anilines is 1. The molecule has 5 heteroatoms. The number of furan rings is 1. The Balaban J connectivity index is 1.94. The predicted octanol–water partition coefficient (Wildman–Crippen LogP) is 3.51. The van der Waals surface area contributed by atoms with E-state index in [0.29, 0.717) is 17.7 Å². The normalized spacial score (nSPS) is 14.7. The molecule has 1 fully saturated rings. The van der Waals surface area contributed by atoms with Gasteiger partial charge in [0.05, 0.1) is 24.2 Å². The van der Waals surface area contributed by atoms with Gasteiger partial charge in [0, 0.05) is 6.04 Å². The van der Waals surface area contributed by atoms with Crippen LogP contribution in [-0.4, -0.2) is 16.0 Å². The van der Waals surface area contributed by atoms with Gasteiger partial charge < -0.3 is 9.32 Å². The summed E-state index contributed by atoms with van der Waals surface area (Å²) in [5, 5.41) is 0.474. The molecule has 0 radical (unpaired) electrons. The second-order valence-electron chi connectivity index (χ2n) is 4.95. The van der Waals surface area contributed by atoms with Crippen LogP contribution in [0.5, 0.6) is 0 Å². The fraction of sp³-hybridized carbons (Fsp3) is 0.429. The first-order chi connectivity index (χ1) is 9.15. The number of rotatable bonds is 4. The average molecular weight is 278 g/mol. The first-order valence-corrected chi connectivity index (χ1v) is 6.82. The predicted molar refractivity (Wildman–Crippen MR) is 74.4 cm³/mol. The van der Waals surface area contributed by atoms with Gasteiger partial charge in [-0.25, -0.2) is 9.97 Å². The van der Waals surface area contributed by atoms with Crippen molar-refractivity contribution in [2.75, 3.05) is 4.90 Å². The van der Waals surface area contributed by atoms with Crippen molar-refractivity contribution in [3.8, 4) is 0 Å². The second kappa shape index (κ2) is 4.85. The quantitative estimate of drug-likeness (QED) is 0.858. The maximum Gasteiger partial charge on any atom is 0.171 e. The van der Waals surface area contributed by atoms with E-state index in [1.54, 1.807) is 6.26 Å². The minimum atomic E-state index is 0.474. The number of hydrogen-bond donors (Lipinski definition) is 0. The molecular weight excluding hydrogens is 262 g/mol. The third-order valence-corrected chi connectivity index (χ3v) is 3.67. The van der Waals surface area contributed by atoms with Gasteiger partial charge in [-0.3, -0.25) is 0 Å². The van der Waals surface area contributed by atoms with E-state index in [9.17, 15) is 0 Å². The maximum atomic E-state index is 6.26. The summed E-state index contributed by atoms with van der Waals surface area (Å²) in [6.45, 7) is 4.57. The minimum absolute atomic E-state index is 0.474. The molecule has 0 saturated heterocycles. The van der Waals surface area contributed by atoms with Gasteiger partial charge in [0.2, 0.25) is 0 Å². The lowest BCUT2D eigenvalue weighted by molar-refractivity contribution is 0.500. The van der Waals surface area contributed by atoms with Gasteiger partial charge in [0.1, 0.15) is 5.76 Å². The molecule has 3 rings (SSSR count). The molecule has 0 bridgehead atoms. The molecule has 1 aliphatic carbocycles. The standard InChI is InChI=1S/C14H16ClN3O/c1-9-10(2)17-14(13(15)16-9)18(11-5-6-11)8-12-4-3-7-19-12/h3-4,7,11H,5-6,8H2,1-2H3. The summed E-state index contributed by atoms with van der Waals surface area (Å²) >= 11 is 6.26. The Morgan fingerprint density at radius 1 is 1.32 bits per heavy atom. The van der Waals surface area contributed by atoms with E-state index in [-0.39, 0.29) is 0 Å². The lowest BCUT2D eigenvalue weighted by Gasteiger charge is -2.23. The van der Waals surface area contributed by atoms with Crippen LogP contribution < -0.4 is 4.90 Å². The van der Waals surface area contributed by atoms with Gasteiger partial charge in [0.25, 0.3) is 0 Å². The molecule has 2 aromatic rings. The number of halogens is 1. The number of aromatic nitrogens is 2. The van der Waals surface area contributed by atoms with Crippen LogP contribution in [0.4, 0.5) is 5.82 Å².